The van der Waals surface area contributed by atoms with Crippen LogP contribution in [0.4, 0.5) is 15.9 Å². The Kier molecular flexibility index (Phi) is 5.54. The van der Waals surface area contributed by atoms with Crippen molar-refractivity contribution >= 4 is 38.3 Å². The molecule has 1 amide bonds. The summed E-state index contributed by atoms with van der Waals surface area (Å²) in [4.78, 5) is 16.9. The van der Waals surface area contributed by atoms with Gasteiger partial charge < -0.3 is 15.6 Å². The third-order valence-electron chi connectivity index (χ3n) is 4.75. The number of nitrogen functional groups attached to an aromatic ring is 1. The molecule has 2 aromatic heterocycles. The van der Waals surface area contributed by atoms with Crippen LogP contribution in [0.5, 0.6) is 0 Å². The molecule has 0 atom stereocenters. The van der Waals surface area contributed by atoms with Gasteiger partial charge in [0.2, 0.25) is 10.0 Å². The summed E-state index contributed by atoms with van der Waals surface area (Å²) in [6.45, 7) is 0.194. The molecule has 0 unspecified atom stereocenters. The second kappa shape index (κ2) is 8.31. The molecule has 0 saturated heterocycles. The van der Waals surface area contributed by atoms with E-state index in [2.05, 4.69) is 15.0 Å². The minimum atomic E-state index is -3.41. The van der Waals surface area contributed by atoms with E-state index in [1.54, 1.807) is 42.6 Å². The summed E-state index contributed by atoms with van der Waals surface area (Å²) in [5.41, 5.74) is 9.03. The normalized spacial score (nSPS) is 11.4. The van der Waals surface area contributed by atoms with Gasteiger partial charge in [-0.15, -0.1) is 0 Å². The van der Waals surface area contributed by atoms with E-state index in [4.69, 9.17) is 5.73 Å². The number of nitrogens with one attached hydrogen (secondary N) is 2. The number of hydrogen-bond acceptors (Lipinski definition) is 5. The van der Waals surface area contributed by atoms with Gasteiger partial charge in [0.1, 0.15) is 11.6 Å². The average molecular weight is 453 g/mol. The van der Waals surface area contributed by atoms with Gasteiger partial charge in [0, 0.05) is 35.7 Å². The van der Waals surface area contributed by atoms with Gasteiger partial charge in [0.05, 0.1) is 17.3 Å². The second-order valence-corrected chi connectivity index (χ2v) is 9.02. The zero-order chi connectivity index (χ0) is 22.9. The van der Waals surface area contributed by atoms with Crippen molar-refractivity contribution in [1.29, 1.82) is 0 Å². The molecule has 10 heteroatoms. The highest BCUT2D eigenvalue weighted by Gasteiger charge is 2.15. The molecule has 0 radical (unpaired) electrons. The van der Waals surface area contributed by atoms with Gasteiger partial charge in [-0.25, -0.2) is 17.8 Å². The Morgan fingerprint density at radius 2 is 1.88 bits per heavy atom. The maximum atomic E-state index is 13.3. The molecular formula is C22H20FN5O3S. The first-order valence-electron chi connectivity index (χ1n) is 9.57. The van der Waals surface area contributed by atoms with Crippen molar-refractivity contribution < 1.29 is 17.6 Å². The third-order valence-corrected chi connectivity index (χ3v) is 5.33. The van der Waals surface area contributed by atoms with Crippen LogP contribution in [0.3, 0.4) is 0 Å². The second-order valence-electron chi connectivity index (χ2n) is 7.27. The minimum Gasteiger partial charge on any atom is -0.399 e. The summed E-state index contributed by atoms with van der Waals surface area (Å²) in [6, 6.07) is 14.4. The first kappa shape index (κ1) is 21.3. The molecule has 0 fully saturated rings. The Morgan fingerprint density at radius 3 is 2.53 bits per heavy atom. The van der Waals surface area contributed by atoms with E-state index in [-0.39, 0.29) is 24.1 Å². The molecular weight excluding hydrogens is 433 g/mol. The lowest BCUT2D eigenvalue weighted by atomic mass is 10.1. The molecule has 8 nitrogen and oxygen atoms in total. The number of carbonyl (C=O) groups excluding carboxylic acids is 1. The number of carbonyl (C=O) groups is 1. The van der Waals surface area contributed by atoms with Crippen molar-refractivity contribution in [3.63, 3.8) is 0 Å². The van der Waals surface area contributed by atoms with Gasteiger partial charge in [-0.05, 0) is 54.1 Å². The van der Waals surface area contributed by atoms with Gasteiger partial charge in [0.25, 0.3) is 5.91 Å². The SMILES string of the molecule is CS(=O)(=O)Nc1ccc(CNC(=O)c2cc(N)cc3c2ccn3-c2ccc(F)cc2)cn1. The van der Waals surface area contributed by atoms with E-state index < -0.39 is 10.0 Å². The number of fused-ring (bicyclic) bond motifs is 1. The van der Waals surface area contributed by atoms with E-state index >= 15 is 0 Å². The molecule has 0 aliphatic heterocycles. The molecule has 0 aliphatic rings. The molecule has 4 rings (SSSR count). The summed E-state index contributed by atoms with van der Waals surface area (Å²) in [5, 5.41) is 3.53. The Hall–Kier alpha value is -3.92. The van der Waals surface area contributed by atoms with Gasteiger partial charge in [-0.2, -0.15) is 0 Å². The summed E-state index contributed by atoms with van der Waals surface area (Å²) >= 11 is 0. The van der Waals surface area contributed by atoms with Crippen LogP contribution in [0.15, 0.2) is 67.0 Å². The predicted molar refractivity (Wildman–Crippen MR) is 122 cm³/mol. The zero-order valence-corrected chi connectivity index (χ0v) is 17.9. The maximum absolute atomic E-state index is 13.3. The van der Waals surface area contributed by atoms with E-state index in [1.807, 2.05) is 4.57 Å². The summed E-state index contributed by atoms with van der Waals surface area (Å²) in [5.74, 6) is -0.459. The quantitative estimate of drug-likeness (QED) is 0.388. The number of sulfonamides is 1. The molecule has 164 valence electrons. The molecule has 0 spiro atoms. The molecule has 4 aromatic rings. The number of halogens is 1. The van der Waals surface area contributed by atoms with E-state index in [0.29, 0.717) is 22.2 Å². The lowest BCUT2D eigenvalue weighted by molar-refractivity contribution is 0.0952. The number of pyridine rings is 1. The van der Waals surface area contributed by atoms with E-state index in [1.165, 1.54) is 24.4 Å². The maximum Gasteiger partial charge on any atom is 0.252 e. The van der Waals surface area contributed by atoms with Crippen LogP contribution < -0.4 is 15.8 Å². The molecule has 4 N–H and O–H groups in total. The third kappa shape index (κ3) is 4.70. The Balaban J connectivity index is 1.55. The predicted octanol–water partition coefficient (Wildman–Crippen LogP) is 3.05. The van der Waals surface area contributed by atoms with Crippen molar-refractivity contribution in [3.05, 3.63) is 83.9 Å². The van der Waals surface area contributed by atoms with Crippen LogP contribution in [0.1, 0.15) is 15.9 Å². The molecule has 32 heavy (non-hydrogen) atoms. The Bertz CT molecular complexity index is 1400. The van der Waals surface area contributed by atoms with E-state index in [9.17, 15) is 17.6 Å². The smallest absolute Gasteiger partial charge is 0.252 e. The van der Waals surface area contributed by atoms with Crippen LogP contribution in [0.25, 0.3) is 16.6 Å². The topological polar surface area (TPSA) is 119 Å². The molecule has 0 saturated carbocycles. The number of anilines is 2. The van der Waals surface area contributed by atoms with Crippen LogP contribution in [-0.4, -0.2) is 30.1 Å². The molecule has 0 aliphatic carbocycles. The van der Waals surface area contributed by atoms with Gasteiger partial charge in [0.15, 0.2) is 0 Å². The van der Waals surface area contributed by atoms with Crippen molar-refractivity contribution in [2.24, 2.45) is 0 Å². The van der Waals surface area contributed by atoms with Crippen LogP contribution in [0.2, 0.25) is 0 Å². The zero-order valence-electron chi connectivity index (χ0n) is 17.0. The largest absolute Gasteiger partial charge is 0.399 e. The number of nitrogens with zero attached hydrogens (tertiary/aromatic N) is 2. The van der Waals surface area contributed by atoms with Crippen molar-refractivity contribution in [2.45, 2.75) is 6.54 Å². The first-order chi connectivity index (χ1) is 15.2. The lowest BCUT2D eigenvalue weighted by Gasteiger charge is -2.10. The van der Waals surface area contributed by atoms with Crippen LogP contribution >= 0.6 is 0 Å². The Labute approximate surface area is 183 Å². The fraction of sp³-hybridized carbons (Fsp3) is 0.0909. The number of nitrogens with two attached hydrogens (primary N) is 1. The van der Waals surface area contributed by atoms with Gasteiger partial charge >= 0.3 is 0 Å². The number of hydrogen-bond donors (Lipinski definition) is 3. The standard InChI is InChI=1S/C22H20FN5O3S/c1-32(30,31)27-21-7-2-14(12-25-21)13-26-22(29)19-10-16(24)11-20-18(19)8-9-28(20)17-5-3-15(23)4-6-17/h2-12H,13,24H2,1H3,(H,25,27)(H,26,29). The fourth-order valence-corrected chi connectivity index (χ4v) is 3.84. The molecule has 2 aromatic carbocycles. The van der Waals surface area contributed by atoms with Crippen LogP contribution in [-0.2, 0) is 16.6 Å². The van der Waals surface area contributed by atoms with E-state index in [0.717, 1.165) is 17.5 Å². The average Bonchev–Trinajstić information content (AvgIpc) is 3.15. The number of rotatable bonds is 6. The van der Waals surface area contributed by atoms with Crippen molar-refractivity contribution in [2.75, 3.05) is 16.7 Å². The van der Waals surface area contributed by atoms with Gasteiger partial charge in [-0.1, -0.05) is 6.07 Å². The highest BCUT2D eigenvalue weighted by Crippen LogP contribution is 2.27. The first-order valence-corrected chi connectivity index (χ1v) is 11.5. The minimum absolute atomic E-state index is 0.194. The summed E-state index contributed by atoms with van der Waals surface area (Å²) in [6.07, 6.45) is 4.32. The summed E-state index contributed by atoms with van der Waals surface area (Å²) < 4.78 is 39.9. The highest BCUT2D eigenvalue weighted by atomic mass is 32.2. The van der Waals surface area contributed by atoms with Crippen molar-refractivity contribution in [1.82, 2.24) is 14.9 Å². The number of aromatic nitrogens is 2. The molecule has 2 heterocycles. The van der Waals surface area contributed by atoms with Crippen LogP contribution in [0, 0.1) is 5.82 Å². The lowest BCUT2D eigenvalue weighted by Crippen LogP contribution is -2.23. The number of benzene rings is 2. The Morgan fingerprint density at radius 1 is 1.12 bits per heavy atom. The molecule has 0 bridgehead atoms. The summed E-state index contributed by atoms with van der Waals surface area (Å²) in [7, 11) is -3.41. The van der Waals surface area contributed by atoms with Gasteiger partial charge in [-0.3, -0.25) is 9.52 Å². The van der Waals surface area contributed by atoms with Crippen molar-refractivity contribution in [3.8, 4) is 5.69 Å². The fourth-order valence-electron chi connectivity index (χ4n) is 3.34. The number of amides is 1. The highest BCUT2D eigenvalue weighted by molar-refractivity contribution is 7.92. The monoisotopic (exact) mass is 453 g/mol.